The zero-order valence-corrected chi connectivity index (χ0v) is 16.3. The van der Waals surface area contributed by atoms with Crippen LogP contribution in [-0.2, 0) is 6.54 Å². The maximum atomic E-state index is 12.8. The van der Waals surface area contributed by atoms with Crippen LogP contribution < -0.4 is 4.90 Å². The first-order valence-corrected chi connectivity index (χ1v) is 9.94. The molecule has 4 heterocycles. The Balaban J connectivity index is 1.29. The topological polar surface area (TPSA) is 81.8 Å². The lowest BCUT2D eigenvalue weighted by atomic mass is 10.2. The van der Waals surface area contributed by atoms with Crippen molar-refractivity contribution in [3.8, 4) is 0 Å². The molecule has 4 rings (SSSR count). The Labute approximate surface area is 164 Å². The summed E-state index contributed by atoms with van der Waals surface area (Å²) in [5, 5.41) is 4.02. The highest BCUT2D eigenvalue weighted by Gasteiger charge is 2.26. The molecule has 2 aromatic rings. The van der Waals surface area contributed by atoms with Gasteiger partial charge in [0.2, 0.25) is 5.95 Å². The second-order valence-corrected chi connectivity index (χ2v) is 7.22. The molecule has 0 bridgehead atoms. The number of amides is 1. The van der Waals surface area contributed by atoms with Crippen LogP contribution in [0.15, 0.2) is 29.0 Å². The Morgan fingerprint density at radius 1 is 1.00 bits per heavy atom. The van der Waals surface area contributed by atoms with Gasteiger partial charge in [0.1, 0.15) is 0 Å². The monoisotopic (exact) mass is 385 g/mol. The maximum absolute atomic E-state index is 12.8. The second kappa shape index (κ2) is 8.66. The summed E-state index contributed by atoms with van der Waals surface area (Å²) in [6, 6.07) is 3.59. The third kappa shape index (κ3) is 4.31. The molecule has 2 aromatic heterocycles. The Bertz CT molecular complexity index is 766. The van der Waals surface area contributed by atoms with Crippen LogP contribution in [0, 0.1) is 0 Å². The molecule has 9 heteroatoms. The van der Waals surface area contributed by atoms with Crippen LogP contribution in [0.3, 0.4) is 0 Å². The quantitative estimate of drug-likeness (QED) is 0.739. The van der Waals surface area contributed by atoms with E-state index in [1.165, 1.54) is 0 Å². The Hall–Kier alpha value is -2.52. The Morgan fingerprint density at radius 2 is 1.68 bits per heavy atom. The largest absolute Gasteiger partial charge is 0.359 e. The zero-order chi connectivity index (χ0) is 19.3. The summed E-state index contributed by atoms with van der Waals surface area (Å²) in [5.41, 5.74) is 0.395. The highest BCUT2D eigenvalue weighted by Crippen LogP contribution is 2.14. The lowest BCUT2D eigenvalue weighted by Crippen LogP contribution is -2.49. The molecule has 0 aromatic carbocycles. The van der Waals surface area contributed by atoms with E-state index in [9.17, 15) is 4.79 Å². The highest BCUT2D eigenvalue weighted by molar-refractivity contribution is 5.92. The number of hydrogen-bond donors (Lipinski definition) is 0. The Kier molecular flexibility index (Phi) is 5.82. The van der Waals surface area contributed by atoms with E-state index in [-0.39, 0.29) is 5.91 Å². The van der Waals surface area contributed by atoms with Crippen molar-refractivity contribution in [3.63, 3.8) is 0 Å². The summed E-state index contributed by atoms with van der Waals surface area (Å²) in [6.07, 6.45) is 3.47. The van der Waals surface area contributed by atoms with Crippen LogP contribution >= 0.6 is 0 Å². The molecule has 28 heavy (non-hydrogen) atoms. The van der Waals surface area contributed by atoms with Gasteiger partial charge in [-0.15, -0.1) is 0 Å². The number of carbonyl (C=O) groups is 1. The average Bonchev–Trinajstić information content (AvgIpc) is 3.23. The van der Waals surface area contributed by atoms with Crippen molar-refractivity contribution in [2.24, 2.45) is 0 Å². The SMILES string of the molecule is CCN1CCN(Cc2cc(C(=O)N3CCN(c4ncccn4)CC3)no2)CC1. The number of hydrogen-bond acceptors (Lipinski definition) is 8. The predicted molar refractivity (Wildman–Crippen MR) is 104 cm³/mol. The number of anilines is 1. The molecule has 0 atom stereocenters. The molecular formula is C19H27N7O2. The van der Waals surface area contributed by atoms with Gasteiger partial charge in [0.05, 0.1) is 6.54 Å². The fourth-order valence-corrected chi connectivity index (χ4v) is 3.70. The number of aromatic nitrogens is 3. The van der Waals surface area contributed by atoms with E-state index in [1.807, 2.05) is 4.90 Å². The molecule has 0 spiro atoms. The molecule has 2 fully saturated rings. The third-order valence-corrected chi connectivity index (χ3v) is 5.47. The van der Waals surface area contributed by atoms with Gasteiger partial charge in [-0.1, -0.05) is 12.1 Å². The number of nitrogens with zero attached hydrogens (tertiary/aromatic N) is 7. The maximum Gasteiger partial charge on any atom is 0.276 e. The van der Waals surface area contributed by atoms with Crippen molar-refractivity contribution < 1.29 is 9.32 Å². The van der Waals surface area contributed by atoms with Crippen molar-refractivity contribution in [1.29, 1.82) is 0 Å². The summed E-state index contributed by atoms with van der Waals surface area (Å²) >= 11 is 0. The molecule has 2 saturated heterocycles. The Morgan fingerprint density at radius 3 is 2.36 bits per heavy atom. The van der Waals surface area contributed by atoms with Gasteiger partial charge in [0, 0.05) is 70.8 Å². The molecule has 1 amide bonds. The van der Waals surface area contributed by atoms with Gasteiger partial charge >= 0.3 is 0 Å². The van der Waals surface area contributed by atoms with Gasteiger partial charge in [0.15, 0.2) is 11.5 Å². The summed E-state index contributed by atoms with van der Waals surface area (Å²) in [6.45, 7) is 10.8. The van der Waals surface area contributed by atoms with E-state index in [4.69, 9.17) is 4.52 Å². The van der Waals surface area contributed by atoms with Crippen LogP contribution in [0.25, 0.3) is 0 Å². The van der Waals surface area contributed by atoms with Gasteiger partial charge in [-0.3, -0.25) is 9.69 Å². The van der Waals surface area contributed by atoms with Crippen LogP contribution in [0.2, 0.25) is 0 Å². The third-order valence-electron chi connectivity index (χ3n) is 5.47. The lowest BCUT2D eigenvalue weighted by molar-refractivity contribution is 0.0735. The minimum atomic E-state index is -0.0700. The van der Waals surface area contributed by atoms with E-state index >= 15 is 0 Å². The van der Waals surface area contributed by atoms with Crippen molar-refractivity contribution >= 4 is 11.9 Å². The standard InChI is InChI=1S/C19H27N7O2/c1-2-23-6-8-24(9-7-23)15-16-14-17(22-28-16)18(27)25-10-12-26(13-11-25)19-20-4-3-5-21-19/h3-5,14H,2,6-13,15H2,1H3. The van der Waals surface area contributed by atoms with Crippen LogP contribution in [0.5, 0.6) is 0 Å². The molecule has 0 radical (unpaired) electrons. The van der Waals surface area contributed by atoms with Crippen LogP contribution in [-0.4, -0.2) is 94.6 Å². The van der Waals surface area contributed by atoms with Gasteiger partial charge < -0.3 is 19.2 Å². The minimum Gasteiger partial charge on any atom is -0.359 e. The van der Waals surface area contributed by atoms with Crippen LogP contribution in [0.4, 0.5) is 5.95 Å². The van der Waals surface area contributed by atoms with Gasteiger partial charge in [-0.05, 0) is 12.6 Å². The van der Waals surface area contributed by atoms with Gasteiger partial charge in [-0.2, -0.15) is 0 Å². The summed E-state index contributed by atoms with van der Waals surface area (Å²) in [7, 11) is 0. The van der Waals surface area contributed by atoms with E-state index in [2.05, 4.69) is 36.7 Å². The van der Waals surface area contributed by atoms with Gasteiger partial charge in [-0.25, -0.2) is 9.97 Å². The van der Waals surface area contributed by atoms with Crippen molar-refractivity contribution in [2.45, 2.75) is 13.5 Å². The molecular weight excluding hydrogens is 358 g/mol. The predicted octanol–water partition coefficient (Wildman–Crippen LogP) is 0.565. The number of rotatable bonds is 5. The first-order valence-electron chi connectivity index (χ1n) is 9.94. The highest BCUT2D eigenvalue weighted by atomic mass is 16.5. The van der Waals surface area contributed by atoms with Crippen molar-refractivity contribution in [1.82, 2.24) is 29.8 Å². The van der Waals surface area contributed by atoms with E-state index in [0.717, 1.165) is 38.5 Å². The fourth-order valence-electron chi connectivity index (χ4n) is 3.70. The first-order chi connectivity index (χ1) is 13.7. The second-order valence-electron chi connectivity index (χ2n) is 7.22. The van der Waals surface area contributed by atoms with Crippen LogP contribution in [0.1, 0.15) is 23.2 Å². The molecule has 0 aliphatic carbocycles. The number of piperazine rings is 2. The first kappa shape index (κ1) is 18.8. The smallest absolute Gasteiger partial charge is 0.276 e. The van der Waals surface area contributed by atoms with Crippen molar-refractivity contribution in [2.75, 3.05) is 63.8 Å². The summed E-state index contributed by atoms with van der Waals surface area (Å²) in [4.78, 5) is 30.0. The van der Waals surface area contributed by atoms with Crippen molar-refractivity contribution in [3.05, 3.63) is 36.0 Å². The molecule has 2 aliphatic rings. The lowest BCUT2D eigenvalue weighted by Gasteiger charge is -2.34. The summed E-state index contributed by atoms with van der Waals surface area (Å²) < 4.78 is 5.44. The van der Waals surface area contributed by atoms with E-state index < -0.39 is 0 Å². The number of carbonyl (C=O) groups excluding carboxylic acids is 1. The van der Waals surface area contributed by atoms with Gasteiger partial charge in [0.25, 0.3) is 5.91 Å². The summed E-state index contributed by atoms with van der Waals surface area (Å²) in [5.74, 6) is 1.39. The molecule has 2 aliphatic heterocycles. The minimum absolute atomic E-state index is 0.0700. The normalized spacial score (nSPS) is 19.2. The fraction of sp³-hybridized carbons (Fsp3) is 0.579. The van der Waals surface area contributed by atoms with E-state index in [1.54, 1.807) is 24.5 Å². The molecule has 150 valence electrons. The average molecular weight is 385 g/mol. The molecule has 9 nitrogen and oxygen atoms in total. The number of likely N-dealkylation sites (N-methyl/N-ethyl adjacent to an activating group) is 1. The zero-order valence-electron chi connectivity index (χ0n) is 16.3. The molecule has 0 N–H and O–H groups in total. The molecule has 0 unspecified atom stereocenters. The molecule has 0 saturated carbocycles. The van der Waals surface area contributed by atoms with E-state index in [0.29, 0.717) is 44.4 Å².